The lowest BCUT2D eigenvalue weighted by atomic mass is 10.1. The van der Waals surface area contributed by atoms with Gasteiger partial charge in [-0.15, -0.1) is 0 Å². The second-order valence-corrected chi connectivity index (χ2v) is 4.72. The average Bonchev–Trinajstić information content (AvgIpc) is 2.49. The molecule has 0 radical (unpaired) electrons. The molecular formula is C17H20FNO. The van der Waals surface area contributed by atoms with Crippen LogP contribution in [0.3, 0.4) is 0 Å². The lowest BCUT2D eigenvalue weighted by Crippen LogP contribution is -2.20. The van der Waals surface area contributed by atoms with Crippen molar-refractivity contribution in [3.05, 3.63) is 65.5 Å². The maximum Gasteiger partial charge on any atom is 0.123 e. The predicted molar refractivity (Wildman–Crippen MR) is 79.7 cm³/mol. The van der Waals surface area contributed by atoms with Crippen LogP contribution in [0.1, 0.15) is 11.1 Å². The minimum Gasteiger partial charge on any atom is -0.497 e. The monoisotopic (exact) mass is 273 g/mol. The summed E-state index contributed by atoms with van der Waals surface area (Å²) in [5.41, 5.74) is 2.45. The van der Waals surface area contributed by atoms with Gasteiger partial charge < -0.3 is 10.1 Å². The summed E-state index contributed by atoms with van der Waals surface area (Å²) in [7, 11) is 1.67. The predicted octanol–water partition coefficient (Wildman–Crippen LogP) is 3.21. The maximum atomic E-state index is 12.7. The molecule has 106 valence electrons. The molecule has 0 bridgehead atoms. The van der Waals surface area contributed by atoms with Crippen molar-refractivity contribution in [2.75, 3.05) is 20.2 Å². The van der Waals surface area contributed by atoms with Gasteiger partial charge in [0.25, 0.3) is 0 Å². The Morgan fingerprint density at radius 1 is 0.850 bits per heavy atom. The minimum atomic E-state index is -0.179. The van der Waals surface area contributed by atoms with Gasteiger partial charge >= 0.3 is 0 Å². The van der Waals surface area contributed by atoms with E-state index in [0.29, 0.717) is 0 Å². The van der Waals surface area contributed by atoms with Crippen LogP contribution in [0, 0.1) is 5.82 Å². The fourth-order valence-electron chi connectivity index (χ4n) is 2.03. The minimum absolute atomic E-state index is 0.179. The molecule has 2 aromatic rings. The molecule has 20 heavy (non-hydrogen) atoms. The molecule has 0 aliphatic rings. The van der Waals surface area contributed by atoms with Gasteiger partial charge in [0.05, 0.1) is 7.11 Å². The highest BCUT2D eigenvalue weighted by Gasteiger charge is 1.96. The summed E-state index contributed by atoms with van der Waals surface area (Å²) < 4.78 is 17.9. The molecule has 0 amide bonds. The molecule has 0 aliphatic carbocycles. The molecule has 2 rings (SSSR count). The van der Waals surface area contributed by atoms with Crippen molar-refractivity contribution in [3.63, 3.8) is 0 Å². The number of hydrogen-bond acceptors (Lipinski definition) is 2. The van der Waals surface area contributed by atoms with Crippen molar-refractivity contribution in [3.8, 4) is 5.75 Å². The molecule has 3 heteroatoms. The van der Waals surface area contributed by atoms with Gasteiger partial charge in [0.1, 0.15) is 11.6 Å². The smallest absolute Gasteiger partial charge is 0.123 e. The van der Waals surface area contributed by atoms with Gasteiger partial charge in [-0.1, -0.05) is 24.3 Å². The highest BCUT2D eigenvalue weighted by Crippen LogP contribution is 2.11. The van der Waals surface area contributed by atoms with E-state index in [4.69, 9.17) is 4.74 Å². The molecule has 2 nitrogen and oxygen atoms in total. The fraction of sp³-hybridized carbons (Fsp3) is 0.294. The summed E-state index contributed by atoms with van der Waals surface area (Å²) in [6.07, 6.45) is 1.91. The van der Waals surface area contributed by atoms with Crippen LogP contribution in [0.5, 0.6) is 5.75 Å². The van der Waals surface area contributed by atoms with Gasteiger partial charge in [0.15, 0.2) is 0 Å². The molecule has 0 heterocycles. The number of methoxy groups -OCH3 is 1. The number of hydrogen-bond donors (Lipinski definition) is 1. The lowest BCUT2D eigenvalue weighted by molar-refractivity contribution is 0.414. The highest BCUT2D eigenvalue weighted by atomic mass is 19.1. The van der Waals surface area contributed by atoms with Crippen LogP contribution in [0.25, 0.3) is 0 Å². The zero-order chi connectivity index (χ0) is 14.2. The lowest BCUT2D eigenvalue weighted by Gasteiger charge is -2.06. The molecule has 2 aromatic carbocycles. The molecule has 0 saturated heterocycles. The molecular weight excluding hydrogens is 253 g/mol. The normalized spacial score (nSPS) is 10.5. The SMILES string of the molecule is COc1ccc(CCNCCc2ccc(F)cc2)cc1. The third-order valence-corrected chi connectivity index (χ3v) is 3.25. The van der Waals surface area contributed by atoms with E-state index < -0.39 is 0 Å². The van der Waals surface area contributed by atoms with E-state index in [9.17, 15) is 4.39 Å². The van der Waals surface area contributed by atoms with Crippen LogP contribution in [-0.4, -0.2) is 20.2 Å². The standard InChI is InChI=1S/C17H20FNO/c1-20-17-8-4-15(5-9-17)11-13-19-12-10-14-2-6-16(18)7-3-14/h2-9,19H,10-13H2,1H3. The van der Waals surface area contributed by atoms with Gasteiger partial charge in [-0.3, -0.25) is 0 Å². The van der Waals surface area contributed by atoms with Crippen molar-refractivity contribution in [2.45, 2.75) is 12.8 Å². The summed E-state index contributed by atoms with van der Waals surface area (Å²) >= 11 is 0. The first kappa shape index (κ1) is 14.5. The quantitative estimate of drug-likeness (QED) is 0.782. The van der Waals surface area contributed by atoms with Crippen LogP contribution in [0.2, 0.25) is 0 Å². The summed E-state index contributed by atoms with van der Waals surface area (Å²) in [6.45, 7) is 1.84. The van der Waals surface area contributed by atoms with E-state index in [1.165, 1.54) is 17.7 Å². The molecule has 0 saturated carbocycles. The van der Waals surface area contributed by atoms with E-state index in [1.54, 1.807) is 7.11 Å². The van der Waals surface area contributed by atoms with Crippen LogP contribution in [-0.2, 0) is 12.8 Å². The van der Waals surface area contributed by atoms with Gasteiger partial charge in [0.2, 0.25) is 0 Å². The zero-order valence-corrected chi connectivity index (χ0v) is 11.7. The molecule has 0 atom stereocenters. The second-order valence-electron chi connectivity index (χ2n) is 4.72. The Morgan fingerprint density at radius 2 is 1.35 bits per heavy atom. The number of halogens is 1. The summed E-state index contributed by atoms with van der Waals surface area (Å²) in [4.78, 5) is 0. The summed E-state index contributed by atoms with van der Waals surface area (Å²) in [6, 6.07) is 14.8. The average molecular weight is 273 g/mol. The van der Waals surface area contributed by atoms with E-state index >= 15 is 0 Å². The van der Waals surface area contributed by atoms with Gasteiger partial charge in [0, 0.05) is 0 Å². The van der Waals surface area contributed by atoms with Crippen LogP contribution < -0.4 is 10.1 Å². The van der Waals surface area contributed by atoms with Gasteiger partial charge in [-0.25, -0.2) is 4.39 Å². The van der Waals surface area contributed by atoms with E-state index in [0.717, 1.165) is 37.2 Å². The molecule has 0 aromatic heterocycles. The zero-order valence-electron chi connectivity index (χ0n) is 11.7. The van der Waals surface area contributed by atoms with Crippen molar-refractivity contribution < 1.29 is 9.13 Å². The van der Waals surface area contributed by atoms with Crippen molar-refractivity contribution >= 4 is 0 Å². The molecule has 0 spiro atoms. The fourth-order valence-corrected chi connectivity index (χ4v) is 2.03. The van der Waals surface area contributed by atoms with Crippen molar-refractivity contribution in [2.24, 2.45) is 0 Å². The first-order chi connectivity index (χ1) is 9.78. The Morgan fingerprint density at radius 3 is 1.85 bits per heavy atom. The van der Waals surface area contributed by atoms with E-state index in [1.807, 2.05) is 24.3 Å². The van der Waals surface area contributed by atoms with Crippen LogP contribution in [0.4, 0.5) is 4.39 Å². The Bertz CT molecular complexity index is 508. The Kier molecular flexibility index (Phi) is 5.56. The number of nitrogens with one attached hydrogen (secondary N) is 1. The van der Waals surface area contributed by atoms with Crippen LogP contribution in [0.15, 0.2) is 48.5 Å². The Hall–Kier alpha value is -1.87. The maximum absolute atomic E-state index is 12.7. The molecule has 0 fully saturated rings. The summed E-state index contributed by atoms with van der Waals surface area (Å²) in [5, 5.41) is 3.40. The third-order valence-electron chi connectivity index (χ3n) is 3.25. The second kappa shape index (κ2) is 7.65. The number of ether oxygens (including phenoxy) is 1. The molecule has 1 N–H and O–H groups in total. The van der Waals surface area contributed by atoms with E-state index in [-0.39, 0.29) is 5.82 Å². The molecule has 0 aliphatic heterocycles. The first-order valence-electron chi connectivity index (χ1n) is 6.86. The summed E-state index contributed by atoms with van der Waals surface area (Å²) in [5.74, 6) is 0.708. The third kappa shape index (κ3) is 4.67. The number of benzene rings is 2. The number of rotatable bonds is 7. The van der Waals surface area contributed by atoms with Gasteiger partial charge in [-0.05, 0) is 61.3 Å². The van der Waals surface area contributed by atoms with Crippen molar-refractivity contribution in [1.29, 1.82) is 0 Å². The van der Waals surface area contributed by atoms with Crippen LogP contribution >= 0.6 is 0 Å². The highest BCUT2D eigenvalue weighted by molar-refractivity contribution is 5.27. The first-order valence-corrected chi connectivity index (χ1v) is 6.86. The van der Waals surface area contributed by atoms with Crippen molar-refractivity contribution in [1.82, 2.24) is 5.32 Å². The Labute approximate surface area is 119 Å². The topological polar surface area (TPSA) is 21.3 Å². The van der Waals surface area contributed by atoms with Gasteiger partial charge in [-0.2, -0.15) is 0 Å². The largest absolute Gasteiger partial charge is 0.497 e. The Balaban J connectivity index is 1.64. The van der Waals surface area contributed by atoms with E-state index in [2.05, 4.69) is 17.4 Å². The molecule has 0 unspecified atom stereocenters.